The molecule has 0 atom stereocenters. The van der Waals surface area contributed by atoms with Crippen LogP contribution < -0.4 is 20.4 Å². The molecule has 2 aliphatic rings. The van der Waals surface area contributed by atoms with Gasteiger partial charge in [-0.2, -0.15) is 15.1 Å². The Balaban J connectivity index is 1.19. The van der Waals surface area contributed by atoms with Crippen LogP contribution in [0.25, 0.3) is 16.9 Å². The largest absolute Gasteiger partial charge is 0.378 e. The van der Waals surface area contributed by atoms with Crippen molar-refractivity contribution in [2.45, 2.75) is 26.7 Å². The number of anilines is 5. The van der Waals surface area contributed by atoms with E-state index in [9.17, 15) is 4.79 Å². The van der Waals surface area contributed by atoms with E-state index in [0.29, 0.717) is 23.0 Å². The number of carbonyl (C=O) groups is 1. The molecular weight excluding hydrogens is 592 g/mol. The summed E-state index contributed by atoms with van der Waals surface area (Å²) in [5.41, 5.74) is 7.53. The van der Waals surface area contributed by atoms with E-state index in [0.717, 1.165) is 98.9 Å². The molecule has 2 saturated heterocycles. The number of nitrogens with one attached hydrogen (secondary N) is 3. The Morgan fingerprint density at radius 1 is 0.936 bits per heavy atom. The Morgan fingerprint density at radius 2 is 1.70 bits per heavy atom. The second kappa shape index (κ2) is 13.4. The van der Waals surface area contributed by atoms with Gasteiger partial charge >= 0.3 is 0 Å². The minimum atomic E-state index is -0.160. The first-order valence-corrected chi connectivity index (χ1v) is 16.5. The quantitative estimate of drug-likeness (QED) is 0.209. The number of para-hydroxylation sites is 1. The summed E-state index contributed by atoms with van der Waals surface area (Å²) < 4.78 is 7.46. The standard InChI is InChI=1S/C35H42N10O2/c1-4-24-7-6-8-25(5-2)31(24)38-34(46)26-11-12-45(23-26)33-28-22-36-41-32(28)39-35(40-33)37-29-10-9-27(43-17-19-47-20-18-43)21-30(29)44-15-13-42(3)14-16-44/h6-12,21-23H,4-5,13-20H2,1-3H3,(H,38,46)(H2,36,37,39,40,41). The number of likely N-dealkylation sites (N-methyl/N-ethyl adjacent to an activating group) is 1. The van der Waals surface area contributed by atoms with Gasteiger partial charge in [-0.05, 0) is 55.3 Å². The number of aromatic nitrogens is 5. The predicted molar refractivity (Wildman–Crippen MR) is 187 cm³/mol. The summed E-state index contributed by atoms with van der Waals surface area (Å²) in [5.74, 6) is 0.905. The van der Waals surface area contributed by atoms with Gasteiger partial charge in [0.05, 0.1) is 41.7 Å². The summed E-state index contributed by atoms with van der Waals surface area (Å²) in [6.07, 6.45) is 7.05. The van der Waals surface area contributed by atoms with Crippen LogP contribution in [0.1, 0.15) is 35.3 Å². The second-order valence-corrected chi connectivity index (χ2v) is 12.1. The van der Waals surface area contributed by atoms with Gasteiger partial charge in [-0.3, -0.25) is 9.89 Å². The summed E-state index contributed by atoms with van der Waals surface area (Å²) in [6, 6.07) is 14.5. The van der Waals surface area contributed by atoms with Gasteiger partial charge in [0.2, 0.25) is 5.95 Å². The van der Waals surface area contributed by atoms with Gasteiger partial charge in [0.1, 0.15) is 0 Å². The first-order valence-electron chi connectivity index (χ1n) is 16.5. The van der Waals surface area contributed by atoms with E-state index in [-0.39, 0.29) is 5.91 Å². The first kappa shape index (κ1) is 30.7. The van der Waals surface area contributed by atoms with Crippen LogP contribution in [0, 0.1) is 0 Å². The molecule has 5 heterocycles. The topological polar surface area (TPSA) is 119 Å². The number of hydrogen-bond acceptors (Lipinski definition) is 9. The first-order chi connectivity index (χ1) is 23.0. The van der Waals surface area contributed by atoms with Gasteiger partial charge in [0, 0.05) is 63.0 Å². The lowest BCUT2D eigenvalue weighted by Gasteiger charge is -2.36. The Kier molecular flexibility index (Phi) is 8.77. The Morgan fingerprint density at radius 3 is 2.45 bits per heavy atom. The van der Waals surface area contributed by atoms with Gasteiger partial charge < -0.3 is 34.6 Å². The Hall–Kier alpha value is -4.94. The third kappa shape index (κ3) is 6.38. The van der Waals surface area contributed by atoms with Crippen molar-refractivity contribution in [2.75, 3.05) is 80.0 Å². The fraction of sp³-hybridized carbons (Fsp3) is 0.371. The highest BCUT2D eigenvalue weighted by Gasteiger charge is 2.22. The van der Waals surface area contributed by atoms with E-state index in [4.69, 9.17) is 14.7 Å². The number of H-pyrrole nitrogens is 1. The highest BCUT2D eigenvalue weighted by molar-refractivity contribution is 6.05. The number of aryl methyl sites for hydroxylation is 2. The third-order valence-electron chi connectivity index (χ3n) is 9.17. The maximum absolute atomic E-state index is 13.5. The highest BCUT2D eigenvalue weighted by Crippen LogP contribution is 2.34. The molecule has 5 aromatic rings. The van der Waals surface area contributed by atoms with Crippen molar-refractivity contribution < 1.29 is 9.53 Å². The summed E-state index contributed by atoms with van der Waals surface area (Å²) in [7, 11) is 2.17. The number of hydrogen-bond donors (Lipinski definition) is 3. The number of piperazine rings is 1. The van der Waals surface area contributed by atoms with Gasteiger partial charge in [-0.25, -0.2) is 0 Å². The lowest BCUT2D eigenvalue weighted by atomic mass is 10.0. The molecule has 3 aromatic heterocycles. The van der Waals surface area contributed by atoms with Crippen LogP contribution in [0.3, 0.4) is 0 Å². The van der Waals surface area contributed by atoms with Gasteiger partial charge in [0.15, 0.2) is 11.5 Å². The Bertz CT molecular complexity index is 1850. The lowest BCUT2D eigenvalue weighted by molar-refractivity contribution is 0.102. The average Bonchev–Trinajstić information content (AvgIpc) is 3.80. The summed E-state index contributed by atoms with van der Waals surface area (Å²) in [4.78, 5) is 30.4. The van der Waals surface area contributed by atoms with Crippen molar-refractivity contribution >= 4 is 45.6 Å². The number of ether oxygens (including phenoxy) is 1. The maximum atomic E-state index is 13.5. The number of nitrogens with zero attached hydrogens (tertiary/aromatic N) is 7. The normalized spacial score (nSPS) is 15.7. The number of morpholine rings is 1. The molecule has 0 spiro atoms. The lowest BCUT2D eigenvalue weighted by Crippen LogP contribution is -2.44. The van der Waals surface area contributed by atoms with Crippen LogP contribution in [0.15, 0.2) is 61.1 Å². The second-order valence-electron chi connectivity index (χ2n) is 12.1. The minimum Gasteiger partial charge on any atom is -0.378 e. The van der Waals surface area contributed by atoms with Gasteiger partial charge in [-0.15, -0.1) is 0 Å². The zero-order valence-corrected chi connectivity index (χ0v) is 27.3. The van der Waals surface area contributed by atoms with E-state index in [1.54, 1.807) is 12.4 Å². The van der Waals surface area contributed by atoms with E-state index in [1.165, 1.54) is 5.69 Å². The molecule has 0 radical (unpaired) electrons. The highest BCUT2D eigenvalue weighted by atomic mass is 16.5. The fourth-order valence-corrected chi connectivity index (χ4v) is 6.40. The number of benzene rings is 2. The van der Waals surface area contributed by atoms with Crippen LogP contribution in [0.5, 0.6) is 0 Å². The third-order valence-corrected chi connectivity index (χ3v) is 9.17. The molecule has 3 N–H and O–H groups in total. The van der Waals surface area contributed by atoms with Crippen LogP contribution in [0.4, 0.5) is 28.7 Å². The molecule has 12 heteroatoms. The zero-order valence-electron chi connectivity index (χ0n) is 27.3. The van der Waals surface area contributed by atoms with Crippen molar-refractivity contribution in [3.8, 4) is 5.82 Å². The van der Waals surface area contributed by atoms with E-state index in [1.807, 2.05) is 22.9 Å². The summed E-state index contributed by atoms with van der Waals surface area (Å²) in [5, 5.41) is 14.7. The number of carbonyl (C=O) groups excluding carboxylic acids is 1. The zero-order chi connectivity index (χ0) is 32.3. The number of rotatable bonds is 9. The van der Waals surface area contributed by atoms with Crippen molar-refractivity contribution in [3.05, 3.63) is 77.7 Å². The summed E-state index contributed by atoms with van der Waals surface area (Å²) >= 11 is 0. The molecule has 0 unspecified atom stereocenters. The molecule has 12 nitrogen and oxygen atoms in total. The van der Waals surface area contributed by atoms with Crippen LogP contribution in [0.2, 0.25) is 0 Å². The monoisotopic (exact) mass is 634 g/mol. The van der Waals surface area contributed by atoms with Crippen molar-refractivity contribution in [1.82, 2.24) is 29.6 Å². The number of fused-ring (bicyclic) bond motifs is 1. The van der Waals surface area contributed by atoms with Crippen molar-refractivity contribution in [2.24, 2.45) is 0 Å². The van der Waals surface area contributed by atoms with Gasteiger partial charge in [0.25, 0.3) is 5.91 Å². The van der Waals surface area contributed by atoms with Crippen LogP contribution in [-0.2, 0) is 17.6 Å². The molecular formula is C35H42N10O2. The van der Waals surface area contributed by atoms with Gasteiger partial charge in [-0.1, -0.05) is 32.0 Å². The fourth-order valence-electron chi connectivity index (χ4n) is 6.40. The number of aromatic amines is 1. The van der Waals surface area contributed by atoms with Crippen molar-refractivity contribution in [1.29, 1.82) is 0 Å². The molecule has 2 aromatic carbocycles. The Labute approximate surface area is 274 Å². The molecule has 244 valence electrons. The molecule has 2 fully saturated rings. The number of amides is 1. The van der Waals surface area contributed by atoms with Crippen molar-refractivity contribution in [3.63, 3.8) is 0 Å². The van der Waals surface area contributed by atoms with E-state index >= 15 is 0 Å². The van der Waals surface area contributed by atoms with E-state index < -0.39 is 0 Å². The molecule has 0 bridgehead atoms. The SMILES string of the molecule is CCc1cccc(CC)c1NC(=O)c1ccn(-c2nc(Nc3ccc(N4CCOCC4)cc3N3CCN(C)CC3)nc3[nH]ncc23)c1. The minimum absolute atomic E-state index is 0.160. The van der Waals surface area contributed by atoms with Crippen LogP contribution in [-0.4, -0.2) is 95.1 Å². The maximum Gasteiger partial charge on any atom is 0.257 e. The molecule has 7 rings (SSSR count). The molecule has 1 amide bonds. The predicted octanol–water partition coefficient (Wildman–Crippen LogP) is 4.85. The average molecular weight is 635 g/mol. The molecule has 0 aliphatic carbocycles. The van der Waals surface area contributed by atoms with E-state index in [2.05, 4.69) is 86.8 Å². The van der Waals surface area contributed by atoms with Crippen LogP contribution >= 0.6 is 0 Å². The smallest absolute Gasteiger partial charge is 0.257 e. The molecule has 2 aliphatic heterocycles. The molecule has 0 saturated carbocycles. The molecule has 47 heavy (non-hydrogen) atoms. The summed E-state index contributed by atoms with van der Waals surface area (Å²) in [6.45, 7) is 11.3.